The number of aromatic nitrogens is 2. The number of aryl methyl sites for hydroxylation is 1. The SMILES string of the molecule is CC1c2c(c(=O)[nH]c(=O)n2C2CC2)C=C(F)C1c1cc2c(s1)CCC(CC(N)O)C2. The van der Waals surface area contributed by atoms with Gasteiger partial charge in [-0.1, -0.05) is 6.92 Å². The van der Waals surface area contributed by atoms with E-state index in [1.807, 2.05) is 6.92 Å². The van der Waals surface area contributed by atoms with E-state index >= 15 is 4.39 Å². The molecule has 0 amide bonds. The van der Waals surface area contributed by atoms with Crippen molar-refractivity contribution in [2.24, 2.45) is 11.7 Å². The third kappa shape index (κ3) is 3.31. The van der Waals surface area contributed by atoms with Gasteiger partial charge in [-0.05, 0) is 62.1 Å². The van der Waals surface area contributed by atoms with Gasteiger partial charge >= 0.3 is 5.69 Å². The third-order valence-corrected chi connectivity index (χ3v) is 8.05. The summed E-state index contributed by atoms with van der Waals surface area (Å²) in [6.07, 6.45) is 5.63. The summed E-state index contributed by atoms with van der Waals surface area (Å²) in [4.78, 5) is 29.5. The van der Waals surface area contributed by atoms with Gasteiger partial charge in [0.05, 0.1) is 11.5 Å². The van der Waals surface area contributed by atoms with Gasteiger partial charge in [-0.25, -0.2) is 9.18 Å². The minimum Gasteiger partial charge on any atom is -0.379 e. The molecule has 0 saturated heterocycles. The van der Waals surface area contributed by atoms with Crippen LogP contribution in [0.5, 0.6) is 0 Å². The van der Waals surface area contributed by atoms with Gasteiger partial charge in [-0.3, -0.25) is 14.3 Å². The molecule has 0 aromatic carbocycles. The lowest BCUT2D eigenvalue weighted by Gasteiger charge is -2.29. The number of thiophene rings is 1. The van der Waals surface area contributed by atoms with E-state index in [1.54, 1.807) is 15.9 Å². The van der Waals surface area contributed by atoms with Crippen LogP contribution in [-0.4, -0.2) is 20.9 Å². The summed E-state index contributed by atoms with van der Waals surface area (Å²) < 4.78 is 17.0. The highest BCUT2D eigenvalue weighted by atomic mass is 32.1. The molecule has 4 unspecified atom stereocenters. The maximum Gasteiger partial charge on any atom is 0.328 e. The minimum atomic E-state index is -0.804. The number of rotatable bonds is 4. The van der Waals surface area contributed by atoms with Crippen LogP contribution in [0, 0.1) is 5.92 Å². The normalized spacial score (nSPS) is 26.7. The van der Waals surface area contributed by atoms with E-state index in [0.29, 0.717) is 18.0 Å². The first kappa shape index (κ1) is 19.9. The third-order valence-electron chi connectivity index (χ3n) is 6.73. The van der Waals surface area contributed by atoms with Crippen molar-refractivity contribution in [3.63, 3.8) is 0 Å². The highest BCUT2D eigenvalue weighted by molar-refractivity contribution is 7.12. The summed E-state index contributed by atoms with van der Waals surface area (Å²) in [7, 11) is 0. The van der Waals surface area contributed by atoms with E-state index in [1.165, 1.54) is 16.5 Å². The van der Waals surface area contributed by atoms with Gasteiger partial charge in [0.1, 0.15) is 12.1 Å². The largest absolute Gasteiger partial charge is 0.379 e. The molecule has 6 nitrogen and oxygen atoms in total. The Hall–Kier alpha value is -2.03. The molecule has 3 aliphatic rings. The fraction of sp³-hybridized carbons (Fsp3) is 0.545. The quantitative estimate of drug-likeness (QED) is 0.648. The van der Waals surface area contributed by atoms with Crippen LogP contribution >= 0.6 is 11.3 Å². The van der Waals surface area contributed by atoms with Crippen molar-refractivity contribution in [3.05, 3.63) is 59.3 Å². The first-order valence-corrected chi connectivity index (χ1v) is 11.5. The molecule has 0 radical (unpaired) electrons. The number of allylic oxidation sites excluding steroid dienone is 1. The maximum absolute atomic E-state index is 15.3. The molecule has 0 bridgehead atoms. The fourth-order valence-corrected chi connectivity index (χ4v) is 6.63. The first-order valence-electron chi connectivity index (χ1n) is 10.6. The number of fused-ring (bicyclic) bond motifs is 2. The van der Waals surface area contributed by atoms with Crippen molar-refractivity contribution in [1.82, 2.24) is 9.55 Å². The Morgan fingerprint density at radius 2 is 2.13 bits per heavy atom. The molecule has 30 heavy (non-hydrogen) atoms. The maximum atomic E-state index is 15.3. The smallest absolute Gasteiger partial charge is 0.328 e. The van der Waals surface area contributed by atoms with E-state index in [4.69, 9.17) is 5.73 Å². The number of hydrogen-bond acceptors (Lipinski definition) is 5. The zero-order valence-corrected chi connectivity index (χ0v) is 17.7. The van der Waals surface area contributed by atoms with Crippen molar-refractivity contribution in [1.29, 1.82) is 0 Å². The molecule has 1 fully saturated rings. The number of nitrogens with zero attached hydrogens (tertiary/aromatic N) is 1. The highest BCUT2D eigenvalue weighted by Crippen LogP contribution is 2.49. The predicted octanol–water partition coefficient (Wildman–Crippen LogP) is 2.92. The van der Waals surface area contributed by atoms with Gasteiger partial charge in [0.2, 0.25) is 0 Å². The Bertz CT molecular complexity index is 1140. The Morgan fingerprint density at radius 3 is 2.83 bits per heavy atom. The summed E-state index contributed by atoms with van der Waals surface area (Å²) in [5.74, 6) is -0.780. The second kappa shape index (κ2) is 7.28. The van der Waals surface area contributed by atoms with Crippen LogP contribution in [0.3, 0.4) is 0 Å². The molecule has 8 heteroatoms. The van der Waals surface area contributed by atoms with Crippen molar-refractivity contribution >= 4 is 17.4 Å². The monoisotopic (exact) mass is 431 g/mol. The number of hydrogen-bond donors (Lipinski definition) is 3. The average molecular weight is 432 g/mol. The van der Waals surface area contributed by atoms with Crippen molar-refractivity contribution in [2.75, 3.05) is 0 Å². The Balaban J connectivity index is 1.54. The number of aliphatic hydroxyl groups is 1. The zero-order valence-electron chi connectivity index (χ0n) is 16.9. The molecule has 0 aliphatic heterocycles. The number of nitrogens with one attached hydrogen (secondary N) is 1. The zero-order chi connectivity index (χ0) is 21.2. The van der Waals surface area contributed by atoms with Crippen molar-refractivity contribution in [2.45, 2.75) is 69.6 Å². The number of aliphatic hydroxyl groups excluding tert-OH is 1. The van der Waals surface area contributed by atoms with Gasteiger partial charge in [0.25, 0.3) is 5.56 Å². The summed E-state index contributed by atoms with van der Waals surface area (Å²) in [5, 5.41) is 9.51. The summed E-state index contributed by atoms with van der Waals surface area (Å²) >= 11 is 1.64. The molecule has 1 saturated carbocycles. The number of nitrogens with two attached hydrogens (primary N) is 1. The van der Waals surface area contributed by atoms with Crippen LogP contribution in [-0.2, 0) is 12.8 Å². The molecular weight excluding hydrogens is 405 g/mol. The summed E-state index contributed by atoms with van der Waals surface area (Å²) in [5.41, 5.74) is 6.81. The molecule has 3 aliphatic carbocycles. The summed E-state index contributed by atoms with van der Waals surface area (Å²) in [6.45, 7) is 1.92. The van der Waals surface area contributed by atoms with Crippen LogP contribution in [0.25, 0.3) is 6.08 Å². The average Bonchev–Trinajstić information content (AvgIpc) is 3.41. The van der Waals surface area contributed by atoms with Crippen molar-refractivity contribution < 1.29 is 9.50 Å². The molecule has 160 valence electrons. The molecule has 2 heterocycles. The standard InChI is InChI=1S/C22H26FN3O3S/c1-10-19(17-8-12-6-11(7-18(24)27)2-5-16(12)30-17)15(23)9-14-20(10)26(13-3-4-13)22(29)25-21(14)28/h8-11,13,18-19,27H,2-7,24H2,1H3,(H,25,28,29). The second-order valence-electron chi connectivity index (χ2n) is 8.96. The first-order chi connectivity index (χ1) is 14.3. The predicted molar refractivity (Wildman–Crippen MR) is 114 cm³/mol. The molecule has 2 aromatic heterocycles. The van der Waals surface area contributed by atoms with Crippen molar-refractivity contribution in [3.8, 4) is 0 Å². The fourth-order valence-electron chi connectivity index (χ4n) is 5.20. The highest BCUT2D eigenvalue weighted by Gasteiger charge is 2.39. The van der Waals surface area contributed by atoms with Gasteiger partial charge in [-0.2, -0.15) is 0 Å². The van der Waals surface area contributed by atoms with Crippen LogP contribution in [0.15, 0.2) is 21.5 Å². The van der Waals surface area contributed by atoms with Gasteiger partial charge in [0.15, 0.2) is 0 Å². The van der Waals surface area contributed by atoms with Gasteiger partial charge in [0, 0.05) is 27.4 Å². The van der Waals surface area contributed by atoms with Gasteiger partial charge in [-0.15, -0.1) is 11.3 Å². The number of halogens is 1. The lowest BCUT2D eigenvalue weighted by molar-refractivity contribution is 0.144. The minimum absolute atomic E-state index is 0.0979. The Kier molecular flexibility index (Phi) is 4.83. The van der Waals surface area contributed by atoms with Crippen LogP contribution < -0.4 is 17.0 Å². The molecular formula is C22H26FN3O3S. The lowest BCUT2D eigenvalue weighted by Crippen LogP contribution is -2.37. The molecule has 0 spiro atoms. The van der Waals surface area contributed by atoms with E-state index < -0.39 is 23.4 Å². The van der Waals surface area contributed by atoms with E-state index in [-0.39, 0.29) is 23.4 Å². The topological polar surface area (TPSA) is 101 Å². The van der Waals surface area contributed by atoms with E-state index in [9.17, 15) is 14.7 Å². The van der Waals surface area contributed by atoms with Crippen LogP contribution in [0.4, 0.5) is 4.39 Å². The summed E-state index contributed by atoms with van der Waals surface area (Å²) in [6, 6.07) is 2.18. The Morgan fingerprint density at radius 1 is 1.37 bits per heavy atom. The number of H-pyrrole nitrogens is 1. The molecule has 4 N–H and O–H groups in total. The van der Waals surface area contributed by atoms with E-state index in [0.717, 1.165) is 37.0 Å². The molecule has 4 atom stereocenters. The van der Waals surface area contributed by atoms with E-state index in [2.05, 4.69) is 11.1 Å². The second-order valence-corrected chi connectivity index (χ2v) is 10.1. The van der Waals surface area contributed by atoms with Gasteiger partial charge < -0.3 is 10.8 Å². The van der Waals surface area contributed by atoms with Crippen LogP contribution in [0.1, 0.15) is 77.1 Å². The van der Waals surface area contributed by atoms with Crippen LogP contribution in [0.2, 0.25) is 0 Å². The molecule has 2 aromatic rings. The lowest BCUT2D eigenvalue weighted by atomic mass is 9.80. The Labute approximate surface area is 177 Å². The molecule has 5 rings (SSSR count). The number of aromatic amines is 1.